The average Bonchev–Trinajstić information content (AvgIpc) is 3.09. The van der Waals surface area contributed by atoms with E-state index in [4.69, 9.17) is 4.74 Å². The maximum atomic E-state index is 11.4. The summed E-state index contributed by atoms with van der Waals surface area (Å²) in [5.74, 6) is 0.433. The molecule has 2 unspecified atom stereocenters. The predicted octanol–water partition coefficient (Wildman–Crippen LogP) is 3.35. The van der Waals surface area contributed by atoms with Gasteiger partial charge in [-0.25, -0.2) is 4.79 Å². The molecule has 120 valence electrons. The summed E-state index contributed by atoms with van der Waals surface area (Å²) in [6.45, 7) is 0.626. The molecule has 1 saturated heterocycles. The van der Waals surface area contributed by atoms with E-state index in [1.807, 2.05) is 6.07 Å². The second-order valence-corrected chi connectivity index (χ2v) is 5.73. The molecule has 23 heavy (non-hydrogen) atoms. The van der Waals surface area contributed by atoms with E-state index < -0.39 is 0 Å². The largest absolute Gasteiger partial charge is 0.492 e. The maximum Gasteiger partial charge on any atom is 0.337 e. The van der Waals surface area contributed by atoms with Crippen LogP contribution in [0, 0.1) is 0 Å². The predicted molar refractivity (Wildman–Crippen MR) is 88.6 cm³/mol. The Balaban J connectivity index is 1.50. The number of hydrogen-bond acceptors (Lipinski definition) is 4. The van der Waals surface area contributed by atoms with Crippen molar-refractivity contribution >= 4 is 5.97 Å². The van der Waals surface area contributed by atoms with Crippen LogP contribution in [-0.2, 0) is 4.74 Å². The number of methoxy groups -OCH3 is 1. The molecule has 4 nitrogen and oxygen atoms in total. The molecule has 1 aliphatic rings. The Morgan fingerprint density at radius 3 is 2.52 bits per heavy atom. The Morgan fingerprint density at radius 1 is 1.09 bits per heavy atom. The quantitative estimate of drug-likeness (QED) is 0.860. The first kappa shape index (κ1) is 15.6. The zero-order chi connectivity index (χ0) is 16.1. The highest BCUT2D eigenvalue weighted by atomic mass is 16.5. The third kappa shape index (κ3) is 3.90. The summed E-state index contributed by atoms with van der Waals surface area (Å²) < 4.78 is 10.5. The molecule has 1 heterocycles. The highest BCUT2D eigenvalue weighted by molar-refractivity contribution is 5.89. The standard InChI is InChI=1S/C19H21NO3/c1-22-19(21)15-7-10-17(11-8-15)23-13-16-9-12-18(20-16)14-5-3-2-4-6-14/h2-8,10-11,16,18,20H,9,12-13H2,1H3. The van der Waals surface area contributed by atoms with E-state index in [0.717, 1.165) is 18.6 Å². The lowest BCUT2D eigenvalue weighted by atomic mass is 10.1. The van der Waals surface area contributed by atoms with Gasteiger partial charge in [0, 0.05) is 12.1 Å². The summed E-state index contributed by atoms with van der Waals surface area (Å²) in [6, 6.07) is 18.3. The van der Waals surface area contributed by atoms with Gasteiger partial charge in [0.2, 0.25) is 0 Å². The molecule has 0 aliphatic carbocycles. The van der Waals surface area contributed by atoms with Crippen molar-refractivity contribution in [3.8, 4) is 5.75 Å². The van der Waals surface area contributed by atoms with Crippen molar-refractivity contribution in [3.63, 3.8) is 0 Å². The SMILES string of the molecule is COC(=O)c1ccc(OCC2CCC(c3ccccc3)N2)cc1. The minimum Gasteiger partial charge on any atom is -0.492 e. The van der Waals surface area contributed by atoms with E-state index >= 15 is 0 Å². The van der Waals surface area contributed by atoms with Gasteiger partial charge >= 0.3 is 5.97 Å². The zero-order valence-corrected chi connectivity index (χ0v) is 13.2. The van der Waals surface area contributed by atoms with Crippen LogP contribution in [0.5, 0.6) is 5.75 Å². The van der Waals surface area contributed by atoms with Crippen molar-refractivity contribution in [1.29, 1.82) is 0 Å². The monoisotopic (exact) mass is 311 g/mol. The van der Waals surface area contributed by atoms with E-state index in [1.165, 1.54) is 12.7 Å². The van der Waals surface area contributed by atoms with Crippen LogP contribution >= 0.6 is 0 Å². The fourth-order valence-electron chi connectivity index (χ4n) is 2.90. The summed E-state index contributed by atoms with van der Waals surface area (Å²) in [5, 5.41) is 3.62. The van der Waals surface area contributed by atoms with E-state index in [-0.39, 0.29) is 5.97 Å². The van der Waals surface area contributed by atoms with Gasteiger partial charge in [0.1, 0.15) is 12.4 Å². The van der Waals surface area contributed by atoms with Crippen molar-refractivity contribution in [3.05, 3.63) is 65.7 Å². The van der Waals surface area contributed by atoms with Crippen LogP contribution in [0.25, 0.3) is 0 Å². The molecule has 2 atom stereocenters. The Kier molecular flexibility index (Phi) is 4.93. The lowest BCUT2D eigenvalue weighted by Gasteiger charge is -2.15. The second kappa shape index (κ2) is 7.29. The summed E-state index contributed by atoms with van der Waals surface area (Å²) in [5.41, 5.74) is 1.86. The first-order chi connectivity index (χ1) is 11.3. The lowest BCUT2D eigenvalue weighted by Crippen LogP contribution is -2.30. The molecule has 1 aliphatic heterocycles. The summed E-state index contributed by atoms with van der Waals surface area (Å²) in [6.07, 6.45) is 2.22. The number of nitrogens with one attached hydrogen (secondary N) is 1. The molecule has 0 spiro atoms. The Hall–Kier alpha value is -2.33. The minimum absolute atomic E-state index is 0.334. The number of esters is 1. The molecule has 0 amide bonds. The van der Waals surface area contributed by atoms with Crippen LogP contribution in [0.15, 0.2) is 54.6 Å². The number of carbonyl (C=O) groups is 1. The minimum atomic E-state index is -0.334. The fraction of sp³-hybridized carbons (Fsp3) is 0.316. The van der Waals surface area contributed by atoms with Gasteiger partial charge in [-0.2, -0.15) is 0 Å². The van der Waals surface area contributed by atoms with Crippen molar-refractivity contribution < 1.29 is 14.3 Å². The molecule has 0 aromatic heterocycles. The molecular formula is C19H21NO3. The van der Waals surface area contributed by atoms with Gasteiger partial charge in [-0.3, -0.25) is 0 Å². The van der Waals surface area contributed by atoms with Crippen LogP contribution in [0.3, 0.4) is 0 Å². The first-order valence-corrected chi connectivity index (χ1v) is 7.88. The van der Waals surface area contributed by atoms with E-state index in [9.17, 15) is 4.79 Å². The summed E-state index contributed by atoms with van der Waals surface area (Å²) in [7, 11) is 1.38. The normalized spacial score (nSPS) is 20.2. The smallest absolute Gasteiger partial charge is 0.337 e. The first-order valence-electron chi connectivity index (χ1n) is 7.88. The zero-order valence-electron chi connectivity index (χ0n) is 13.2. The highest BCUT2D eigenvalue weighted by Gasteiger charge is 2.25. The molecule has 1 fully saturated rings. The van der Waals surface area contributed by atoms with Gasteiger partial charge in [0.05, 0.1) is 12.7 Å². The van der Waals surface area contributed by atoms with E-state index in [1.54, 1.807) is 24.3 Å². The van der Waals surface area contributed by atoms with Crippen LogP contribution < -0.4 is 10.1 Å². The van der Waals surface area contributed by atoms with Crippen LogP contribution in [0.4, 0.5) is 0 Å². The van der Waals surface area contributed by atoms with Crippen molar-refractivity contribution in [2.45, 2.75) is 24.9 Å². The van der Waals surface area contributed by atoms with Crippen LogP contribution in [0.1, 0.15) is 34.8 Å². The number of hydrogen-bond donors (Lipinski definition) is 1. The molecule has 1 N–H and O–H groups in total. The van der Waals surface area contributed by atoms with Crippen molar-refractivity contribution in [2.75, 3.05) is 13.7 Å². The number of benzene rings is 2. The molecule has 2 aromatic rings. The lowest BCUT2D eigenvalue weighted by molar-refractivity contribution is 0.0600. The number of rotatable bonds is 5. The Labute approximate surface area is 136 Å². The molecular weight excluding hydrogens is 290 g/mol. The highest BCUT2D eigenvalue weighted by Crippen LogP contribution is 2.26. The fourth-order valence-corrected chi connectivity index (χ4v) is 2.90. The van der Waals surface area contributed by atoms with Crippen molar-refractivity contribution in [1.82, 2.24) is 5.32 Å². The number of ether oxygens (including phenoxy) is 2. The van der Waals surface area contributed by atoms with Gasteiger partial charge < -0.3 is 14.8 Å². The van der Waals surface area contributed by atoms with Crippen LogP contribution in [0.2, 0.25) is 0 Å². The third-order valence-electron chi connectivity index (χ3n) is 4.17. The number of carbonyl (C=O) groups excluding carboxylic acids is 1. The van der Waals surface area contributed by atoms with Gasteiger partial charge in [-0.15, -0.1) is 0 Å². The van der Waals surface area contributed by atoms with Gasteiger partial charge in [0.25, 0.3) is 0 Å². The maximum absolute atomic E-state index is 11.4. The topological polar surface area (TPSA) is 47.6 Å². The van der Waals surface area contributed by atoms with E-state index in [2.05, 4.69) is 34.3 Å². The molecule has 0 bridgehead atoms. The molecule has 0 saturated carbocycles. The third-order valence-corrected chi connectivity index (χ3v) is 4.17. The molecule has 4 heteroatoms. The van der Waals surface area contributed by atoms with Gasteiger partial charge in [0.15, 0.2) is 0 Å². The molecule has 2 aromatic carbocycles. The molecule has 0 radical (unpaired) electrons. The van der Waals surface area contributed by atoms with E-state index in [0.29, 0.717) is 24.3 Å². The Bertz CT molecular complexity index is 639. The summed E-state index contributed by atoms with van der Waals surface area (Å²) in [4.78, 5) is 11.4. The van der Waals surface area contributed by atoms with Crippen molar-refractivity contribution in [2.24, 2.45) is 0 Å². The van der Waals surface area contributed by atoms with Crippen LogP contribution in [-0.4, -0.2) is 25.7 Å². The van der Waals surface area contributed by atoms with Gasteiger partial charge in [-0.05, 0) is 42.7 Å². The summed E-state index contributed by atoms with van der Waals surface area (Å²) >= 11 is 0. The second-order valence-electron chi connectivity index (χ2n) is 5.73. The van der Waals surface area contributed by atoms with Gasteiger partial charge in [-0.1, -0.05) is 30.3 Å². The average molecular weight is 311 g/mol. The Morgan fingerprint density at radius 2 is 1.83 bits per heavy atom. The molecule has 3 rings (SSSR count).